The van der Waals surface area contributed by atoms with Gasteiger partial charge in [0.05, 0.1) is 4.88 Å². The number of halogens is 1. The molecule has 0 fully saturated rings. The minimum Gasteiger partial charge on any atom is -0.289 e. The van der Waals surface area contributed by atoms with Crippen LogP contribution in [0.3, 0.4) is 0 Å². The first-order valence-corrected chi connectivity index (χ1v) is 11.6. The van der Waals surface area contributed by atoms with Crippen LogP contribution >= 0.6 is 27.3 Å². The lowest BCUT2D eigenvalue weighted by molar-refractivity contribution is 0.104. The minimum absolute atomic E-state index is 0.0319. The molecule has 158 valence electrons. The number of ketones is 2. The van der Waals surface area contributed by atoms with Crippen molar-refractivity contribution in [1.29, 1.82) is 0 Å². The van der Waals surface area contributed by atoms with Crippen molar-refractivity contribution in [3.05, 3.63) is 141 Å². The van der Waals surface area contributed by atoms with E-state index in [-0.39, 0.29) is 11.6 Å². The van der Waals surface area contributed by atoms with Crippen LogP contribution < -0.4 is 0 Å². The Bertz CT molecular complexity index is 1180. The van der Waals surface area contributed by atoms with Crippen LogP contribution in [0, 0.1) is 0 Å². The topological polar surface area (TPSA) is 34.1 Å². The van der Waals surface area contributed by atoms with Gasteiger partial charge in [-0.15, -0.1) is 11.3 Å². The second kappa shape index (κ2) is 12.5. The first-order valence-electron chi connectivity index (χ1n) is 9.96. The molecule has 0 aliphatic rings. The smallest absolute Gasteiger partial charge is 0.195 e. The average molecular weight is 501 g/mol. The minimum atomic E-state index is 0.0319. The highest BCUT2D eigenvalue weighted by Gasteiger charge is 2.01. The van der Waals surface area contributed by atoms with Gasteiger partial charge in [0.2, 0.25) is 0 Å². The molecular formula is C28H21BrO2S. The van der Waals surface area contributed by atoms with Crippen molar-refractivity contribution in [3.63, 3.8) is 0 Å². The summed E-state index contributed by atoms with van der Waals surface area (Å²) in [5.74, 6) is 0.0855. The van der Waals surface area contributed by atoms with Gasteiger partial charge in [0.15, 0.2) is 11.6 Å². The Labute approximate surface area is 200 Å². The molecule has 4 rings (SSSR count). The predicted molar refractivity (Wildman–Crippen MR) is 138 cm³/mol. The molecule has 0 amide bonds. The molecule has 0 radical (unpaired) electrons. The molecule has 0 bridgehead atoms. The fraction of sp³-hybridized carbons (Fsp3) is 0. The van der Waals surface area contributed by atoms with E-state index in [1.54, 1.807) is 12.2 Å². The summed E-state index contributed by atoms with van der Waals surface area (Å²) in [5.41, 5.74) is 2.77. The summed E-state index contributed by atoms with van der Waals surface area (Å²) in [6.07, 6.45) is 6.86. The number of allylic oxidation sites excluding steroid dienone is 2. The molecule has 0 aliphatic heterocycles. The van der Waals surface area contributed by atoms with E-state index in [9.17, 15) is 9.59 Å². The monoisotopic (exact) mass is 500 g/mol. The van der Waals surface area contributed by atoms with E-state index in [4.69, 9.17) is 0 Å². The fourth-order valence-electron chi connectivity index (χ4n) is 2.68. The third-order valence-electron chi connectivity index (χ3n) is 4.35. The first-order chi connectivity index (χ1) is 15.6. The Hall–Kier alpha value is -3.34. The normalized spacial score (nSPS) is 10.7. The van der Waals surface area contributed by atoms with Crippen LogP contribution in [0.15, 0.2) is 119 Å². The van der Waals surface area contributed by atoms with Gasteiger partial charge in [-0.2, -0.15) is 0 Å². The van der Waals surface area contributed by atoms with Gasteiger partial charge in [0.1, 0.15) is 0 Å². The molecule has 0 atom stereocenters. The number of carbonyl (C=O) groups excluding carboxylic acids is 2. The lowest BCUT2D eigenvalue weighted by Crippen LogP contribution is -1.92. The Morgan fingerprint density at radius 2 is 1.19 bits per heavy atom. The molecule has 0 saturated heterocycles. The lowest BCUT2D eigenvalue weighted by atomic mass is 10.1. The van der Waals surface area contributed by atoms with E-state index >= 15 is 0 Å². The summed E-state index contributed by atoms with van der Waals surface area (Å²) in [5, 5.41) is 1.90. The number of carbonyl (C=O) groups is 2. The van der Waals surface area contributed by atoms with Crippen molar-refractivity contribution in [1.82, 2.24) is 0 Å². The molecule has 4 aromatic rings. The molecule has 4 heteroatoms. The van der Waals surface area contributed by atoms with Crippen LogP contribution in [-0.4, -0.2) is 11.6 Å². The van der Waals surface area contributed by atoms with Crippen LogP contribution in [0.25, 0.3) is 12.2 Å². The maximum absolute atomic E-state index is 11.7. The summed E-state index contributed by atoms with van der Waals surface area (Å²) < 4.78 is 1.04. The number of benzene rings is 3. The number of thiophene rings is 1. The van der Waals surface area contributed by atoms with Gasteiger partial charge in [-0.05, 0) is 46.9 Å². The molecule has 0 saturated carbocycles. The van der Waals surface area contributed by atoms with E-state index in [0.717, 1.165) is 26.0 Å². The van der Waals surface area contributed by atoms with Crippen LogP contribution in [0.2, 0.25) is 0 Å². The number of hydrogen-bond acceptors (Lipinski definition) is 3. The SMILES string of the molecule is O=C(/C=C/c1ccc(Br)cc1)c1cccs1.O=C(C=Cc1ccccc1)c1ccccc1. The summed E-state index contributed by atoms with van der Waals surface area (Å²) in [7, 11) is 0. The molecule has 1 aromatic heterocycles. The summed E-state index contributed by atoms with van der Waals surface area (Å²) in [6.45, 7) is 0. The molecular weight excluding hydrogens is 480 g/mol. The van der Waals surface area contributed by atoms with Crippen molar-refractivity contribution < 1.29 is 9.59 Å². The largest absolute Gasteiger partial charge is 0.289 e. The quantitative estimate of drug-likeness (QED) is 0.198. The summed E-state index contributed by atoms with van der Waals surface area (Å²) in [6, 6.07) is 30.6. The molecule has 2 nitrogen and oxygen atoms in total. The second-order valence-electron chi connectivity index (χ2n) is 6.70. The van der Waals surface area contributed by atoms with Gasteiger partial charge < -0.3 is 0 Å². The molecule has 1 heterocycles. The number of rotatable bonds is 6. The zero-order valence-corrected chi connectivity index (χ0v) is 19.6. The summed E-state index contributed by atoms with van der Waals surface area (Å²) >= 11 is 4.83. The predicted octanol–water partition coefficient (Wildman–Crippen LogP) is 7.99. The Kier molecular flexibility index (Phi) is 9.11. The maximum Gasteiger partial charge on any atom is 0.195 e. The fourth-order valence-corrected chi connectivity index (χ4v) is 3.59. The zero-order valence-electron chi connectivity index (χ0n) is 17.2. The van der Waals surface area contributed by atoms with E-state index in [0.29, 0.717) is 0 Å². The Morgan fingerprint density at radius 1 is 0.625 bits per heavy atom. The molecule has 0 unspecified atom stereocenters. The van der Waals surface area contributed by atoms with Crippen molar-refractivity contribution >= 4 is 51.0 Å². The van der Waals surface area contributed by atoms with Crippen molar-refractivity contribution in [2.45, 2.75) is 0 Å². The van der Waals surface area contributed by atoms with Crippen LogP contribution in [0.4, 0.5) is 0 Å². The van der Waals surface area contributed by atoms with Gasteiger partial charge in [-0.25, -0.2) is 0 Å². The third-order valence-corrected chi connectivity index (χ3v) is 5.76. The average Bonchev–Trinajstić information content (AvgIpc) is 3.39. The van der Waals surface area contributed by atoms with E-state index < -0.39 is 0 Å². The highest BCUT2D eigenvalue weighted by Crippen LogP contribution is 2.14. The summed E-state index contributed by atoms with van der Waals surface area (Å²) in [4.78, 5) is 24.2. The van der Waals surface area contributed by atoms with Gasteiger partial charge in [0.25, 0.3) is 0 Å². The van der Waals surface area contributed by atoms with Crippen LogP contribution in [0.1, 0.15) is 31.2 Å². The van der Waals surface area contributed by atoms with Crippen LogP contribution in [0.5, 0.6) is 0 Å². The zero-order chi connectivity index (χ0) is 22.6. The van der Waals surface area contributed by atoms with Gasteiger partial charge >= 0.3 is 0 Å². The third kappa shape index (κ3) is 7.73. The van der Waals surface area contributed by atoms with Crippen molar-refractivity contribution in [2.24, 2.45) is 0 Å². The molecule has 0 spiro atoms. The molecule has 0 N–H and O–H groups in total. The lowest BCUT2D eigenvalue weighted by Gasteiger charge is -1.94. The standard InChI is InChI=1S/C15H12O.C13H9BrOS/c16-15(14-9-5-2-6-10-14)12-11-13-7-3-1-4-8-13;14-11-6-3-10(4-7-11)5-8-12(15)13-2-1-9-16-13/h1-12H;1-9H/b;8-5+. The van der Waals surface area contributed by atoms with Gasteiger partial charge in [-0.1, -0.05) is 107 Å². The second-order valence-corrected chi connectivity index (χ2v) is 8.56. The maximum atomic E-state index is 11.7. The number of hydrogen-bond donors (Lipinski definition) is 0. The van der Waals surface area contributed by atoms with Crippen molar-refractivity contribution in [2.75, 3.05) is 0 Å². The van der Waals surface area contributed by atoms with Crippen LogP contribution in [-0.2, 0) is 0 Å². The highest BCUT2D eigenvalue weighted by molar-refractivity contribution is 9.10. The molecule has 0 aliphatic carbocycles. The highest BCUT2D eigenvalue weighted by atomic mass is 79.9. The van der Waals surface area contributed by atoms with Crippen molar-refractivity contribution in [3.8, 4) is 0 Å². The molecule has 3 aromatic carbocycles. The Balaban J connectivity index is 0.000000181. The Morgan fingerprint density at radius 3 is 1.78 bits per heavy atom. The molecule has 32 heavy (non-hydrogen) atoms. The van der Waals surface area contributed by atoms with E-state index in [2.05, 4.69) is 15.9 Å². The van der Waals surface area contributed by atoms with Gasteiger partial charge in [0, 0.05) is 10.0 Å². The van der Waals surface area contributed by atoms with Gasteiger partial charge in [-0.3, -0.25) is 9.59 Å². The van der Waals surface area contributed by atoms with E-state index in [1.165, 1.54) is 11.3 Å². The first kappa shape index (κ1) is 23.3. The van der Waals surface area contributed by atoms with E-state index in [1.807, 2.05) is 115 Å².